The smallest absolute Gasteiger partial charge is 0.322 e. The number of carbonyl (C=O) groups is 1. The molecule has 19 heavy (non-hydrogen) atoms. The number of anilines is 1. The van der Waals surface area contributed by atoms with Gasteiger partial charge in [-0.1, -0.05) is 0 Å². The molecule has 0 bridgehead atoms. The highest BCUT2D eigenvalue weighted by molar-refractivity contribution is 9.10. The number of carbonyl (C=O) groups excluding carboxylic acids is 1. The van der Waals surface area contributed by atoms with Crippen LogP contribution in [-0.4, -0.2) is 25.2 Å². The Hall–Kier alpha value is -1.22. The average molecular weight is 347 g/mol. The van der Waals surface area contributed by atoms with Crippen molar-refractivity contribution in [2.75, 3.05) is 18.4 Å². The number of hydrogen-bond acceptors (Lipinski definition) is 2. The van der Waals surface area contributed by atoms with Crippen LogP contribution in [0.15, 0.2) is 16.6 Å². The molecule has 0 spiro atoms. The van der Waals surface area contributed by atoms with Crippen molar-refractivity contribution in [3.63, 3.8) is 0 Å². The highest BCUT2D eigenvalue weighted by Gasteiger charge is 2.26. The number of rotatable bonds is 4. The molecule has 0 saturated heterocycles. The maximum absolute atomic E-state index is 13.3. The van der Waals surface area contributed by atoms with Crippen molar-refractivity contribution in [2.45, 2.75) is 6.18 Å². The maximum atomic E-state index is 13.3. The summed E-state index contributed by atoms with van der Waals surface area (Å²) in [5.74, 6) is -2.62. The van der Waals surface area contributed by atoms with Gasteiger partial charge in [0.25, 0.3) is 0 Å². The van der Waals surface area contributed by atoms with Crippen LogP contribution >= 0.6 is 15.9 Å². The van der Waals surface area contributed by atoms with Crippen molar-refractivity contribution in [3.8, 4) is 0 Å². The Kier molecular flexibility index (Phi) is 5.24. The van der Waals surface area contributed by atoms with E-state index in [0.29, 0.717) is 0 Å². The number of alkyl halides is 3. The summed E-state index contributed by atoms with van der Waals surface area (Å²) in [6, 6.07) is 1.52. The van der Waals surface area contributed by atoms with Gasteiger partial charge in [-0.25, -0.2) is 8.78 Å². The lowest BCUT2D eigenvalue weighted by Crippen LogP contribution is -2.35. The predicted molar refractivity (Wildman–Crippen MR) is 61.6 cm³/mol. The van der Waals surface area contributed by atoms with Crippen molar-refractivity contribution >= 4 is 27.5 Å². The van der Waals surface area contributed by atoms with E-state index in [0.717, 1.165) is 12.1 Å². The van der Waals surface area contributed by atoms with E-state index in [1.807, 2.05) is 10.6 Å². The van der Waals surface area contributed by atoms with Gasteiger partial charge in [0.15, 0.2) is 0 Å². The first kappa shape index (κ1) is 15.8. The summed E-state index contributed by atoms with van der Waals surface area (Å²) < 4.78 is 61.6. The van der Waals surface area contributed by atoms with Crippen LogP contribution in [0.25, 0.3) is 0 Å². The first-order valence-electron chi connectivity index (χ1n) is 4.91. The van der Waals surface area contributed by atoms with Gasteiger partial charge in [-0.05, 0) is 22.0 Å². The number of benzene rings is 1. The van der Waals surface area contributed by atoms with E-state index < -0.39 is 42.5 Å². The molecule has 0 heterocycles. The zero-order valence-electron chi connectivity index (χ0n) is 9.24. The molecule has 2 N–H and O–H groups in total. The fourth-order valence-corrected chi connectivity index (χ4v) is 1.45. The molecular weight excluding hydrogens is 339 g/mol. The van der Waals surface area contributed by atoms with Gasteiger partial charge in [-0.2, -0.15) is 13.2 Å². The lowest BCUT2D eigenvalue weighted by molar-refractivity contribution is -0.126. The molecule has 1 aromatic carbocycles. The quantitative estimate of drug-likeness (QED) is 0.650. The monoisotopic (exact) mass is 346 g/mol. The molecule has 1 rings (SSSR count). The summed E-state index contributed by atoms with van der Waals surface area (Å²) >= 11 is 2.75. The number of nitrogens with one attached hydrogen (secondary N) is 2. The van der Waals surface area contributed by atoms with Crippen LogP contribution in [0.1, 0.15) is 0 Å². The van der Waals surface area contributed by atoms with E-state index in [2.05, 4.69) is 15.9 Å². The van der Waals surface area contributed by atoms with Gasteiger partial charge in [0, 0.05) is 6.07 Å². The second-order valence-electron chi connectivity index (χ2n) is 3.51. The van der Waals surface area contributed by atoms with Gasteiger partial charge in [0.1, 0.15) is 11.6 Å². The fourth-order valence-electron chi connectivity index (χ4n) is 1.13. The van der Waals surface area contributed by atoms with Gasteiger partial charge in [-0.3, -0.25) is 4.79 Å². The van der Waals surface area contributed by atoms with E-state index in [9.17, 15) is 26.7 Å². The minimum Gasteiger partial charge on any atom is -0.322 e. The minimum absolute atomic E-state index is 0.127. The number of amides is 1. The molecule has 9 heteroatoms. The van der Waals surface area contributed by atoms with Crippen molar-refractivity contribution < 1.29 is 26.7 Å². The van der Waals surface area contributed by atoms with Crippen molar-refractivity contribution in [1.82, 2.24) is 5.32 Å². The van der Waals surface area contributed by atoms with Crippen LogP contribution in [0.2, 0.25) is 0 Å². The molecule has 3 nitrogen and oxygen atoms in total. The Morgan fingerprint density at radius 2 is 1.84 bits per heavy atom. The molecule has 0 radical (unpaired) electrons. The van der Waals surface area contributed by atoms with E-state index in [1.54, 1.807) is 0 Å². The third-order valence-electron chi connectivity index (χ3n) is 1.90. The van der Waals surface area contributed by atoms with E-state index in [-0.39, 0.29) is 4.47 Å². The Labute approximate surface area is 113 Å². The standard InChI is InChI=1S/C10H8BrF5N2O/c11-5-1-7(13)8(2-6(5)12)18-9(19)3-17-4-10(14,15)16/h1-2,17H,3-4H2,(H,18,19). The first-order valence-corrected chi connectivity index (χ1v) is 5.70. The Morgan fingerprint density at radius 1 is 1.21 bits per heavy atom. The zero-order chi connectivity index (χ0) is 14.6. The van der Waals surface area contributed by atoms with Crippen LogP contribution in [0, 0.1) is 11.6 Å². The second kappa shape index (κ2) is 6.29. The molecule has 1 aromatic rings. The number of halogens is 6. The SMILES string of the molecule is O=C(CNCC(F)(F)F)Nc1cc(F)c(Br)cc1F. The lowest BCUT2D eigenvalue weighted by atomic mass is 10.3. The van der Waals surface area contributed by atoms with Crippen LogP contribution in [0.3, 0.4) is 0 Å². The van der Waals surface area contributed by atoms with Crippen molar-refractivity contribution in [3.05, 3.63) is 28.2 Å². The maximum Gasteiger partial charge on any atom is 0.401 e. The third kappa shape index (κ3) is 5.52. The lowest BCUT2D eigenvalue weighted by Gasteiger charge is -2.09. The topological polar surface area (TPSA) is 41.1 Å². The molecule has 0 aliphatic carbocycles. The summed E-state index contributed by atoms with van der Waals surface area (Å²) in [5, 5.41) is 3.79. The van der Waals surface area contributed by atoms with E-state index in [1.165, 1.54) is 0 Å². The van der Waals surface area contributed by atoms with Crippen LogP contribution in [0.4, 0.5) is 27.6 Å². The van der Waals surface area contributed by atoms with Crippen LogP contribution < -0.4 is 10.6 Å². The predicted octanol–water partition coefficient (Wildman–Crippen LogP) is 2.82. The molecule has 0 aliphatic rings. The molecule has 0 saturated carbocycles. The van der Waals surface area contributed by atoms with Crippen LogP contribution in [-0.2, 0) is 4.79 Å². The highest BCUT2D eigenvalue weighted by Crippen LogP contribution is 2.23. The molecule has 0 aliphatic heterocycles. The Morgan fingerprint density at radius 3 is 2.42 bits per heavy atom. The van der Waals surface area contributed by atoms with Gasteiger partial charge in [0.2, 0.25) is 5.91 Å². The van der Waals surface area contributed by atoms with E-state index >= 15 is 0 Å². The molecule has 1 amide bonds. The van der Waals surface area contributed by atoms with Gasteiger partial charge in [0.05, 0.1) is 23.2 Å². The second-order valence-corrected chi connectivity index (χ2v) is 4.37. The summed E-state index contributed by atoms with van der Waals surface area (Å²) in [5.41, 5.74) is -0.445. The van der Waals surface area contributed by atoms with Crippen molar-refractivity contribution in [1.29, 1.82) is 0 Å². The largest absolute Gasteiger partial charge is 0.401 e. The average Bonchev–Trinajstić information content (AvgIpc) is 2.24. The Balaban J connectivity index is 2.56. The van der Waals surface area contributed by atoms with Gasteiger partial charge in [-0.15, -0.1) is 0 Å². The Bertz CT molecular complexity index is 478. The molecule has 0 atom stereocenters. The first-order chi connectivity index (χ1) is 8.69. The normalized spacial score (nSPS) is 11.5. The molecular formula is C10H8BrF5N2O. The highest BCUT2D eigenvalue weighted by atomic mass is 79.9. The van der Waals surface area contributed by atoms with Gasteiger partial charge < -0.3 is 10.6 Å². The van der Waals surface area contributed by atoms with Crippen molar-refractivity contribution in [2.24, 2.45) is 0 Å². The third-order valence-corrected chi connectivity index (χ3v) is 2.50. The summed E-state index contributed by atoms with van der Waals surface area (Å²) in [6.07, 6.45) is -4.45. The van der Waals surface area contributed by atoms with Gasteiger partial charge >= 0.3 is 6.18 Å². The zero-order valence-corrected chi connectivity index (χ0v) is 10.8. The molecule has 106 valence electrons. The fraction of sp³-hybridized carbons (Fsp3) is 0.300. The summed E-state index contributed by atoms with van der Waals surface area (Å²) in [7, 11) is 0. The van der Waals surface area contributed by atoms with Crippen LogP contribution in [0.5, 0.6) is 0 Å². The summed E-state index contributed by atoms with van der Waals surface area (Å²) in [4.78, 5) is 11.2. The summed E-state index contributed by atoms with van der Waals surface area (Å²) in [6.45, 7) is -2.02. The van der Waals surface area contributed by atoms with E-state index in [4.69, 9.17) is 0 Å². The molecule has 0 unspecified atom stereocenters. The molecule has 0 aromatic heterocycles. The molecule has 0 fully saturated rings. The number of hydrogen-bond donors (Lipinski definition) is 2. The minimum atomic E-state index is -4.45.